The van der Waals surface area contributed by atoms with Crippen molar-refractivity contribution in [2.24, 2.45) is 5.92 Å². The highest BCUT2D eigenvalue weighted by atomic mass is 16.1. The molecule has 1 aromatic rings. The molecule has 1 fully saturated rings. The average Bonchev–Trinajstić information content (AvgIpc) is 2.95. The van der Waals surface area contributed by atoms with Crippen LogP contribution in [0.2, 0.25) is 0 Å². The molecule has 1 amide bonds. The molecule has 1 aliphatic rings. The molecule has 80 valence electrons. The summed E-state index contributed by atoms with van der Waals surface area (Å²) in [7, 11) is 1.64. The van der Waals surface area contributed by atoms with Crippen LogP contribution in [0.3, 0.4) is 0 Å². The number of carbonyl (C=O) groups excluding carboxylic acids is 1. The molecule has 2 atom stereocenters. The van der Waals surface area contributed by atoms with Crippen molar-refractivity contribution in [3.8, 4) is 0 Å². The number of amides is 1. The Balaban J connectivity index is 2.33. The van der Waals surface area contributed by atoms with Gasteiger partial charge in [0.2, 0.25) is 0 Å². The van der Waals surface area contributed by atoms with Gasteiger partial charge in [0.05, 0.1) is 0 Å². The Morgan fingerprint density at radius 3 is 2.73 bits per heavy atom. The second-order valence-electron chi connectivity index (χ2n) is 4.24. The van der Waals surface area contributed by atoms with Crippen molar-refractivity contribution in [3.63, 3.8) is 0 Å². The quantitative estimate of drug-likeness (QED) is 0.721. The maximum absolute atomic E-state index is 11.4. The highest BCUT2D eigenvalue weighted by molar-refractivity contribution is 5.94. The number of rotatable bonds is 2. The summed E-state index contributed by atoms with van der Waals surface area (Å²) in [6, 6.07) is 5.51. The van der Waals surface area contributed by atoms with Crippen LogP contribution in [0.4, 0.5) is 5.69 Å². The van der Waals surface area contributed by atoms with E-state index in [4.69, 9.17) is 5.73 Å². The van der Waals surface area contributed by atoms with Gasteiger partial charge in [-0.25, -0.2) is 0 Å². The first-order chi connectivity index (χ1) is 7.13. The number of hydrogen-bond acceptors (Lipinski definition) is 2. The molecular formula is C12H16N2O. The SMILES string of the molecule is CNC(=O)c1ccc(N)c([C@@H]2C[C@@H]2C)c1. The zero-order valence-electron chi connectivity index (χ0n) is 9.08. The smallest absolute Gasteiger partial charge is 0.251 e. The Kier molecular flexibility index (Phi) is 2.39. The van der Waals surface area contributed by atoms with Crippen molar-refractivity contribution in [1.82, 2.24) is 5.32 Å². The van der Waals surface area contributed by atoms with E-state index in [1.54, 1.807) is 13.1 Å². The van der Waals surface area contributed by atoms with Gasteiger partial charge in [-0.3, -0.25) is 4.79 Å². The van der Waals surface area contributed by atoms with Gasteiger partial charge in [0, 0.05) is 18.3 Å². The molecule has 3 N–H and O–H groups in total. The Morgan fingerprint density at radius 2 is 2.20 bits per heavy atom. The largest absolute Gasteiger partial charge is 0.398 e. The summed E-state index contributed by atoms with van der Waals surface area (Å²) < 4.78 is 0. The second-order valence-corrected chi connectivity index (χ2v) is 4.24. The lowest BCUT2D eigenvalue weighted by Crippen LogP contribution is -2.18. The highest BCUT2D eigenvalue weighted by Gasteiger charge is 2.35. The van der Waals surface area contributed by atoms with E-state index in [1.807, 2.05) is 12.1 Å². The van der Waals surface area contributed by atoms with Crippen LogP contribution in [-0.2, 0) is 0 Å². The summed E-state index contributed by atoms with van der Waals surface area (Å²) in [6.45, 7) is 2.21. The summed E-state index contributed by atoms with van der Waals surface area (Å²) in [6.07, 6.45) is 1.18. The fourth-order valence-electron chi connectivity index (χ4n) is 1.94. The van der Waals surface area contributed by atoms with E-state index in [9.17, 15) is 4.79 Å². The van der Waals surface area contributed by atoms with Crippen LogP contribution in [0.25, 0.3) is 0 Å². The normalized spacial score (nSPS) is 23.6. The van der Waals surface area contributed by atoms with Crippen LogP contribution < -0.4 is 11.1 Å². The maximum atomic E-state index is 11.4. The number of hydrogen-bond donors (Lipinski definition) is 2. The first-order valence-corrected chi connectivity index (χ1v) is 5.25. The van der Waals surface area contributed by atoms with Gasteiger partial charge in [0.1, 0.15) is 0 Å². The van der Waals surface area contributed by atoms with Crippen molar-refractivity contribution in [2.75, 3.05) is 12.8 Å². The minimum atomic E-state index is -0.0513. The minimum absolute atomic E-state index is 0.0513. The lowest BCUT2D eigenvalue weighted by molar-refractivity contribution is 0.0963. The lowest BCUT2D eigenvalue weighted by Gasteiger charge is -2.07. The van der Waals surface area contributed by atoms with E-state index in [0.717, 1.165) is 11.3 Å². The number of benzene rings is 1. The Morgan fingerprint density at radius 1 is 1.53 bits per heavy atom. The lowest BCUT2D eigenvalue weighted by atomic mass is 10.0. The second kappa shape index (κ2) is 3.57. The molecule has 0 aliphatic heterocycles. The molecule has 0 spiro atoms. The monoisotopic (exact) mass is 204 g/mol. The van der Waals surface area contributed by atoms with Crippen molar-refractivity contribution < 1.29 is 4.79 Å². The Hall–Kier alpha value is -1.51. The fourth-order valence-corrected chi connectivity index (χ4v) is 1.94. The molecule has 0 radical (unpaired) electrons. The van der Waals surface area contributed by atoms with E-state index < -0.39 is 0 Å². The summed E-state index contributed by atoms with van der Waals surface area (Å²) in [4.78, 5) is 11.4. The Bertz CT molecular complexity index is 401. The topological polar surface area (TPSA) is 55.1 Å². The standard InChI is InChI=1S/C12H16N2O/c1-7-5-9(7)10-6-8(12(15)14-2)3-4-11(10)13/h3-4,6-7,9H,5,13H2,1-2H3,(H,14,15)/t7-,9+/m0/s1. The molecule has 1 aliphatic carbocycles. The van der Waals surface area contributed by atoms with Gasteiger partial charge in [-0.05, 0) is 42.0 Å². The number of carbonyl (C=O) groups is 1. The first kappa shape index (κ1) is 10.0. The molecule has 1 saturated carbocycles. The zero-order chi connectivity index (χ0) is 11.0. The van der Waals surface area contributed by atoms with Gasteiger partial charge in [-0.1, -0.05) is 6.92 Å². The maximum Gasteiger partial charge on any atom is 0.251 e. The fraction of sp³-hybridized carbons (Fsp3) is 0.417. The third-order valence-electron chi connectivity index (χ3n) is 3.08. The van der Waals surface area contributed by atoms with Crippen LogP contribution in [0.15, 0.2) is 18.2 Å². The van der Waals surface area contributed by atoms with Gasteiger partial charge in [0.25, 0.3) is 5.91 Å². The number of nitrogen functional groups attached to an aromatic ring is 1. The van der Waals surface area contributed by atoms with E-state index in [-0.39, 0.29) is 5.91 Å². The molecule has 0 unspecified atom stereocenters. The number of nitrogens with one attached hydrogen (secondary N) is 1. The summed E-state index contributed by atoms with van der Waals surface area (Å²) in [5.41, 5.74) is 8.53. The van der Waals surface area contributed by atoms with Crippen molar-refractivity contribution in [2.45, 2.75) is 19.3 Å². The predicted octanol–water partition coefficient (Wildman–Crippen LogP) is 1.75. The van der Waals surface area contributed by atoms with Gasteiger partial charge >= 0.3 is 0 Å². The number of anilines is 1. The first-order valence-electron chi connectivity index (χ1n) is 5.25. The van der Waals surface area contributed by atoms with Crippen LogP contribution in [0, 0.1) is 5.92 Å². The Labute approximate surface area is 89.7 Å². The summed E-state index contributed by atoms with van der Waals surface area (Å²) in [5, 5.41) is 2.62. The summed E-state index contributed by atoms with van der Waals surface area (Å²) >= 11 is 0. The molecule has 0 aromatic heterocycles. The molecule has 0 bridgehead atoms. The van der Waals surface area contributed by atoms with E-state index in [2.05, 4.69) is 12.2 Å². The van der Waals surface area contributed by atoms with Gasteiger partial charge in [-0.2, -0.15) is 0 Å². The minimum Gasteiger partial charge on any atom is -0.398 e. The molecule has 3 heteroatoms. The molecule has 0 heterocycles. The molecule has 0 saturated heterocycles. The molecule has 3 nitrogen and oxygen atoms in total. The van der Waals surface area contributed by atoms with E-state index >= 15 is 0 Å². The molecule has 1 aromatic carbocycles. The van der Waals surface area contributed by atoms with E-state index in [0.29, 0.717) is 17.4 Å². The summed E-state index contributed by atoms with van der Waals surface area (Å²) in [5.74, 6) is 1.20. The van der Waals surface area contributed by atoms with Crippen LogP contribution >= 0.6 is 0 Å². The zero-order valence-corrected chi connectivity index (χ0v) is 9.08. The van der Waals surface area contributed by atoms with E-state index in [1.165, 1.54) is 6.42 Å². The van der Waals surface area contributed by atoms with Crippen molar-refractivity contribution in [3.05, 3.63) is 29.3 Å². The third kappa shape index (κ3) is 1.82. The molecule has 15 heavy (non-hydrogen) atoms. The van der Waals surface area contributed by atoms with Crippen LogP contribution in [-0.4, -0.2) is 13.0 Å². The van der Waals surface area contributed by atoms with Crippen LogP contribution in [0.5, 0.6) is 0 Å². The molecule has 2 rings (SSSR count). The third-order valence-corrected chi connectivity index (χ3v) is 3.08. The van der Waals surface area contributed by atoms with Gasteiger partial charge in [-0.15, -0.1) is 0 Å². The highest BCUT2D eigenvalue weighted by Crippen LogP contribution is 2.48. The average molecular weight is 204 g/mol. The van der Waals surface area contributed by atoms with Gasteiger partial charge < -0.3 is 11.1 Å². The predicted molar refractivity (Wildman–Crippen MR) is 60.8 cm³/mol. The van der Waals surface area contributed by atoms with Crippen molar-refractivity contribution in [1.29, 1.82) is 0 Å². The van der Waals surface area contributed by atoms with Crippen molar-refractivity contribution >= 4 is 11.6 Å². The van der Waals surface area contributed by atoms with Gasteiger partial charge in [0.15, 0.2) is 0 Å². The van der Waals surface area contributed by atoms with Crippen LogP contribution in [0.1, 0.15) is 35.2 Å². The molecular weight excluding hydrogens is 188 g/mol. The number of nitrogens with two attached hydrogens (primary N) is 1.